The van der Waals surface area contributed by atoms with Crippen molar-refractivity contribution in [3.05, 3.63) is 0 Å². The molecule has 0 fully saturated rings. The van der Waals surface area contributed by atoms with Crippen LogP contribution in [0.15, 0.2) is 0 Å². The maximum Gasteiger partial charge on any atom is -0.0380 e. The van der Waals surface area contributed by atoms with E-state index in [1.54, 1.807) is 0 Å². The SMILES string of the molecule is CCC[C@@H](C)CC(C)(C)C. The minimum atomic E-state index is 0.522. The van der Waals surface area contributed by atoms with Gasteiger partial charge < -0.3 is 0 Å². The fraction of sp³-hybridized carbons (Fsp3) is 1.00. The van der Waals surface area contributed by atoms with Crippen LogP contribution in [-0.4, -0.2) is 0 Å². The number of hydrogen-bond donors (Lipinski definition) is 0. The Morgan fingerprint density at radius 2 is 1.70 bits per heavy atom. The second kappa shape index (κ2) is 4.00. The van der Waals surface area contributed by atoms with Gasteiger partial charge in [-0.05, 0) is 17.8 Å². The molecule has 0 aromatic heterocycles. The lowest BCUT2D eigenvalue weighted by molar-refractivity contribution is 0.295. The Morgan fingerprint density at radius 3 is 2.00 bits per heavy atom. The third-order valence-corrected chi connectivity index (χ3v) is 1.74. The molecule has 0 unspecified atom stereocenters. The average molecular weight is 142 g/mol. The minimum Gasteiger partial charge on any atom is -0.0654 e. The zero-order valence-corrected chi connectivity index (χ0v) is 8.20. The van der Waals surface area contributed by atoms with E-state index in [4.69, 9.17) is 0 Å². The first-order chi connectivity index (χ1) is 4.45. The van der Waals surface area contributed by atoms with Crippen LogP contribution in [0.25, 0.3) is 0 Å². The molecule has 0 bridgehead atoms. The number of rotatable bonds is 3. The van der Waals surface area contributed by atoms with Crippen LogP contribution in [0.1, 0.15) is 53.9 Å². The summed E-state index contributed by atoms with van der Waals surface area (Å²) >= 11 is 0. The van der Waals surface area contributed by atoms with Gasteiger partial charge in [-0.3, -0.25) is 0 Å². The van der Waals surface area contributed by atoms with Crippen LogP contribution < -0.4 is 0 Å². The summed E-state index contributed by atoms with van der Waals surface area (Å²) in [6.07, 6.45) is 4.08. The summed E-state index contributed by atoms with van der Waals surface area (Å²) < 4.78 is 0. The molecule has 0 amide bonds. The molecule has 0 aromatic carbocycles. The highest BCUT2D eigenvalue weighted by molar-refractivity contribution is 4.65. The third kappa shape index (κ3) is 6.12. The molecule has 0 spiro atoms. The first-order valence-electron chi connectivity index (χ1n) is 4.45. The highest BCUT2D eigenvalue weighted by Crippen LogP contribution is 2.26. The molecule has 0 nitrogen and oxygen atoms in total. The Hall–Kier alpha value is 0. The van der Waals surface area contributed by atoms with Gasteiger partial charge in [0, 0.05) is 0 Å². The summed E-state index contributed by atoms with van der Waals surface area (Å²) in [4.78, 5) is 0. The van der Waals surface area contributed by atoms with E-state index in [-0.39, 0.29) is 0 Å². The van der Waals surface area contributed by atoms with Crippen LogP contribution in [0.2, 0.25) is 0 Å². The van der Waals surface area contributed by atoms with E-state index in [1.165, 1.54) is 19.3 Å². The lowest BCUT2D eigenvalue weighted by Crippen LogP contribution is -2.10. The Balaban J connectivity index is 3.47. The van der Waals surface area contributed by atoms with Crippen molar-refractivity contribution in [2.75, 3.05) is 0 Å². The molecule has 0 aromatic rings. The summed E-state index contributed by atoms with van der Waals surface area (Å²) in [7, 11) is 0. The van der Waals surface area contributed by atoms with Gasteiger partial charge in [0.25, 0.3) is 0 Å². The van der Waals surface area contributed by atoms with Gasteiger partial charge in [-0.15, -0.1) is 0 Å². The monoisotopic (exact) mass is 142 g/mol. The van der Waals surface area contributed by atoms with Crippen LogP contribution in [0.3, 0.4) is 0 Å². The largest absolute Gasteiger partial charge is 0.0654 e. The molecule has 10 heavy (non-hydrogen) atoms. The predicted molar refractivity (Wildman–Crippen MR) is 48.1 cm³/mol. The van der Waals surface area contributed by atoms with E-state index >= 15 is 0 Å². The van der Waals surface area contributed by atoms with Crippen molar-refractivity contribution in [3.63, 3.8) is 0 Å². The Labute approximate surface area is 66.0 Å². The van der Waals surface area contributed by atoms with Gasteiger partial charge in [-0.2, -0.15) is 0 Å². The molecule has 0 radical (unpaired) electrons. The molecule has 0 aliphatic carbocycles. The number of hydrogen-bond acceptors (Lipinski definition) is 0. The molecular formula is C10H22. The zero-order chi connectivity index (χ0) is 8.20. The summed E-state index contributed by atoms with van der Waals surface area (Å²) in [5.74, 6) is 0.907. The molecular weight excluding hydrogens is 120 g/mol. The fourth-order valence-electron chi connectivity index (χ4n) is 1.64. The van der Waals surface area contributed by atoms with Crippen molar-refractivity contribution in [3.8, 4) is 0 Å². The second-order valence-corrected chi connectivity index (χ2v) is 4.66. The Morgan fingerprint density at radius 1 is 1.20 bits per heavy atom. The van der Waals surface area contributed by atoms with Crippen molar-refractivity contribution in [1.82, 2.24) is 0 Å². The summed E-state index contributed by atoms with van der Waals surface area (Å²) in [6.45, 7) is 11.6. The van der Waals surface area contributed by atoms with Crippen molar-refractivity contribution < 1.29 is 0 Å². The van der Waals surface area contributed by atoms with Crippen molar-refractivity contribution >= 4 is 0 Å². The predicted octanol–water partition coefficient (Wildman–Crippen LogP) is 3.86. The highest BCUT2D eigenvalue weighted by Gasteiger charge is 2.13. The lowest BCUT2D eigenvalue weighted by Gasteiger charge is -2.22. The normalized spacial score (nSPS) is 15.3. The molecule has 1 atom stereocenters. The van der Waals surface area contributed by atoms with Crippen LogP contribution in [-0.2, 0) is 0 Å². The smallest absolute Gasteiger partial charge is 0.0380 e. The topological polar surface area (TPSA) is 0 Å². The van der Waals surface area contributed by atoms with Gasteiger partial charge in [-0.1, -0.05) is 47.5 Å². The zero-order valence-electron chi connectivity index (χ0n) is 8.20. The molecule has 0 heterocycles. The van der Waals surface area contributed by atoms with Crippen LogP contribution in [0, 0.1) is 11.3 Å². The molecule has 0 rings (SSSR count). The second-order valence-electron chi connectivity index (χ2n) is 4.66. The van der Waals surface area contributed by atoms with Crippen LogP contribution in [0.4, 0.5) is 0 Å². The van der Waals surface area contributed by atoms with E-state index in [0.717, 1.165) is 5.92 Å². The van der Waals surface area contributed by atoms with E-state index in [1.807, 2.05) is 0 Å². The third-order valence-electron chi connectivity index (χ3n) is 1.74. The highest BCUT2D eigenvalue weighted by atomic mass is 14.2. The Kier molecular flexibility index (Phi) is 4.00. The minimum absolute atomic E-state index is 0.522. The molecule has 0 aliphatic heterocycles. The van der Waals surface area contributed by atoms with E-state index < -0.39 is 0 Å². The van der Waals surface area contributed by atoms with Crippen LogP contribution in [0.5, 0.6) is 0 Å². The van der Waals surface area contributed by atoms with Crippen molar-refractivity contribution in [2.24, 2.45) is 11.3 Å². The van der Waals surface area contributed by atoms with Gasteiger partial charge in [-0.25, -0.2) is 0 Å². The quantitative estimate of drug-likeness (QED) is 0.561. The molecule has 0 saturated carbocycles. The standard InChI is InChI=1S/C10H22/c1-6-7-9(2)8-10(3,4)5/h9H,6-8H2,1-5H3/t9-/m1/s1. The fourth-order valence-corrected chi connectivity index (χ4v) is 1.64. The van der Waals surface area contributed by atoms with Gasteiger partial charge in [0.2, 0.25) is 0 Å². The lowest BCUT2D eigenvalue weighted by atomic mass is 9.84. The molecule has 0 N–H and O–H groups in total. The van der Waals surface area contributed by atoms with E-state index in [9.17, 15) is 0 Å². The average Bonchev–Trinajstić information content (AvgIpc) is 1.59. The molecule has 0 saturated heterocycles. The molecule has 62 valence electrons. The van der Waals surface area contributed by atoms with E-state index in [2.05, 4.69) is 34.6 Å². The van der Waals surface area contributed by atoms with Gasteiger partial charge in [0.15, 0.2) is 0 Å². The van der Waals surface area contributed by atoms with E-state index in [0.29, 0.717) is 5.41 Å². The summed E-state index contributed by atoms with van der Waals surface area (Å²) in [6, 6.07) is 0. The van der Waals surface area contributed by atoms with Gasteiger partial charge in [0.05, 0.1) is 0 Å². The van der Waals surface area contributed by atoms with Gasteiger partial charge >= 0.3 is 0 Å². The maximum absolute atomic E-state index is 2.36. The molecule has 0 aliphatic rings. The van der Waals surface area contributed by atoms with Gasteiger partial charge in [0.1, 0.15) is 0 Å². The summed E-state index contributed by atoms with van der Waals surface area (Å²) in [5.41, 5.74) is 0.522. The van der Waals surface area contributed by atoms with Crippen molar-refractivity contribution in [2.45, 2.75) is 53.9 Å². The maximum atomic E-state index is 2.36. The Bertz CT molecular complexity index is 76.5. The van der Waals surface area contributed by atoms with Crippen molar-refractivity contribution in [1.29, 1.82) is 0 Å². The first-order valence-corrected chi connectivity index (χ1v) is 4.45. The summed E-state index contributed by atoms with van der Waals surface area (Å²) in [5, 5.41) is 0. The van der Waals surface area contributed by atoms with Crippen LogP contribution >= 0.6 is 0 Å². The first kappa shape index (κ1) is 10.0. The molecule has 0 heteroatoms.